The molecule has 0 amide bonds. The maximum Gasteiger partial charge on any atom is 0.125 e. The van der Waals surface area contributed by atoms with Crippen molar-refractivity contribution in [3.05, 3.63) is 322 Å². The van der Waals surface area contributed by atoms with Crippen LogP contribution in [0.15, 0.2) is 322 Å². The Kier molecular flexibility index (Phi) is 11.9. The molecule has 0 saturated carbocycles. The molecule has 1 nitrogen and oxygen atoms in total. The second-order valence-electron chi connectivity index (χ2n) is 23.4. The first kappa shape index (κ1) is 51.0. The van der Waals surface area contributed by atoms with Gasteiger partial charge >= 0.3 is 0 Å². The van der Waals surface area contributed by atoms with Crippen LogP contribution in [0.4, 0.5) is 0 Å². The van der Waals surface area contributed by atoms with E-state index in [9.17, 15) is 0 Å². The predicted octanol–water partition coefficient (Wildman–Crippen LogP) is 24.6. The summed E-state index contributed by atoms with van der Waals surface area (Å²) in [4.78, 5) is 5.52. The van der Waals surface area contributed by atoms with Gasteiger partial charge in [-0.2, -0.15) is 0 Å². The summed E-state index contributed by atoms with van der Waals surface area (Å²) in [7, 11) is 0. The van der Waals surface area contributed by atoms with Crippen molar-refractivity contribution in [2.45, 2.75) is 0 Å². The SMILES string of the molecule is c1ccc(-c2c(-c3ccccc3)c(-c3ccccc3)c3c(c2-c2ccccc2)-c2cccc4c(-c5ccc6nc(-c7ccc8c9c(cccc79)-c7c(-c9ccccc9)c(-c9ccccc9)c(-c9ccccc9)c(-c9ccccc9)c7-8)sc6c5)ccc-3c24)cc1. The summed E-state index contributed by atoms with van der Waals surface area (Å²) in [5.41, 5.74) is 34.2. The van der Waals surface area contributed by atoms with Crippen molar-refractivity contribution in [3.8, 4) is 155 Å². The van der Waals surface area contributed by atoms with Gasteiger partial charge in [0.25, 0.3) is 0 Å². The summed E-state index contributed by atoms with van der Waals surface area (Å²) < 4.78 is 1.16. The molecule has 0 unspecified atom stereocenters. The van der Waals surface area contributed by atoms with E-state index in [1.165, 1.54) is 166 Å². The number of aromatic nitrogens is 1. The average molecular weight is 1140 g/mol. The van der Waals surface area contributed by atoms with Crippen LogP contribution in [0.5, 0.6) is 0 Å². The van der Waals surface area contributed by atoms with Crippen LogP contribution < -0.4 is 0 Å². The summed E-state index contributed by atoms with van der Waals surface area (Å²) in [6.07, 6.45) is 0. The molecule has 89 heavy (non-hydrogen) atoms. The number of fused-ring (bicyclic) bond motifs is 7. The maximum atomic E-state index is 5.52. The zero-order valence-electron chi connectivity index (χ0n) is 48.5. The predicted molar refractivity (Wildman–Crippen MR) is 378 cm³/mol. The second kappa shape index (κ2) is 20.7. The minimum Gasteiger partial charge on any atom is -0.236 e. The van der Waals surface area contributed by atoms with Gasteiger partial charge in [-0.1, -0.05) is 309 Å². The molecule has 0 N–H and O–H groups in total. The smallest absolute Gasteiger partial charge is 0.125 e. The minimum atomic E-state index is 0.998. The van der Waals surface area contributed by atoms with Crippen molar-refractivity contribution >= 4 is 43.1 Å². The van der Waals surface area contributed by atoms with E-state index in [1.807, 2.05) is 0 Å². The van der Waals surface area contributed by atoms with Crippen LogP contribution in [0.25, 0.3) is 187 Å². The Hall–Kier alpha value is -11.3. The van der Waals surface area contributed by atoms with Gasteiger partial charge in [-0.3, -0.25) is 0 Å². The van der Waals surface area contributed by atoms with E-state index in [0.29, 0.717) is 0 Å². The van der Waals surface area contributed by atoms with Crippen LogP contribution in [-0.4, -0.2) is 4.98 Å². The van der Waals surface area contributed by atoms with Crippen molar-refractivity contribution in [1.82, 2.24) is 4.98 Å². The zero-order chi connectivity index (χ0) is 58.5. The van der Waals surface area contributed by atoms with Gasteiger partial charge in [0.1, 0.15) is 5.01 Å². The van der Waals surface area contributed by atoms with Crippen molar-refractivity contribution in [3.63, 3.8) is 0 Å². The van der Waals surface area contributed by atoms with Gasteiger partial charge in [0.15, 0.2) is 0 Å². The van der Waals surface area contributed by atoms with Gasteiger partial charge in [0.2, 0.25) is 0 Å². The molecule has 2 aliphatic rings. The van der Waals surface area contributed by atoms with E-state index >= 15 is 0 Å². The number of hydrogen-bond acceptors (Lipinski definition) is 2. The molecule has 18 rings (SSSR count). The lowest BCUT2D eigenvalue weighted by molar-refractivity contribution is 1.49. The lowest BCUT2D eigenvalue weighted by Crippen LogP contribution is -1.99. The zero-order valence-corrected chi connectivity index (χ0v) is 49.3. The normalized spacial score (nSPS) is 11.8. The van der Waals surface area contributed by atoms with Gasteiger partial charge in [0.05, 0.1) is 10.2 Å². The third kappa shape index (κ3) is 7.97. The van der Waals surface area contributed by atoms with Gasteiger partial charge in [-0.05, 0) is 178 Å². The highest BCUT2D eigenvalue weighted by molar-refractivity contribution is 7.21. The first-order valence-electron chi connectivity index (χ1n) is 30.7. The number of nitrogens with zero attached hydrogens (tertiary/aromatic N) is 1. The quantitative estimate of drug-likeness (QED) is 0.133. The largest absolute Gasteiger partial charge is 0.236 e. The Balaban J connectivity index is 0.831. The fourth-order valence-corrected chi connectivity index (χ4v) is 16.1. The molecule has 1 aromatic heterocycles. The van der Waals surface area contributed by atoms with Gasteiger partial charge in [0, 0.05) is 5.56 Å². The summed E-state index contributed by atoms with van der Waals surface area (Å²) in [5.74, 6) is 0. The van der Waals surface area contributed by atoms with Crippen LogP contribution in [0.2, 0.25) is 0 Å². The van der Waals surface area contributed by atoms with Gasteiger partial charge in [-0.15, -0.1) is 11.3 Å². The molecule has 0 radical (unpaired) electrons. The Labute approximate surface area is 521 Å². The van der Waals surface area contributed by atoms with Crippen LogP contribution in [-0.2, 0) is 0 Å². The van der Waals surface area contributed by atoms with Crippen molar-refractivity contribution in [2.24, 2.45) is 0 Å². The lowest BCUT2D eigenvalue weighted by atomic mass is 9.76. The van der Waals surface area contributed by atoms with Crippen molar-refractivity contribution in [1.29, 1.82) is 0 Å². The van der Waals surface area contributed by atoms with Crippen molar-refractivity contribution < 1.29 is 0 Å². The fourth-order valence-electron chi connectivity index (χ4n) is 15.0. The topological polar surface area (TPSA) is 12.9 Å². The van der Waals surface area contributed by atoms with E-state index in [1.54, 1.807) is 11.3 Å². The fraction of sp³-hybridized carbons (Fsp3) is 0. The molecule has 0 spiro atoms. The molecule has 412 valence electrons. The van der Waals surface area contributed by atoms with Gasteiger partial charge in [-0.25, -0.2) is 4.98 Å². The van der Waals surface area contributed by atoms with E-state index in [-0.39, 0.29) is 0 Å². The molecule has 16 aromatic rings. The Bertz CT molecular complexity index is 4930. The molecular formula is C87H53NS. The van der Waals surface area contributed by atoms with Crippen LogP contribution in [0, 0.1) is 0 Å². The van der Waals surface area contributed by atoms with E-state index < -0.39 is 0 Å². The summed E-state index contributed by atoms with van der Waals surface area (Å²) in [5, 5.41) is 6.02. The van der Waals surface area contributed by atoms with E-state index in [2.05, 4.69) is 322 Å². The average Bonchev–Trinajstić information content (AvgIpc) is 1.59. The highest BCUT2D eigenvalue weighted by Crippen LogP contribution is 2.64. The summed E-state index contributed by atoms with van der Waals surface area (Å²) in [6, 6.07) is 119. The Morgan fingerprint density at radius 2 is 0.461 bits per heavy atom. The number of benzene rings is 15. The molecule has 2 heteroatoms. The molecule has 2 aliphatic carbocycles. The highest BCUT2D eigenvalue weighted by Gasteiger charge is 2.37. The number of rotatable bonds is 10. The molecule has 0 aliphatic heterocycles. The molecular weight excluding hydrogens is 1090 g/mol. The Morgan fingerprint density at radius 1 is 0.191 bits per heavy atom. The number of thiazole rings is 1. The third-order valence-electron chi connectivity index (χ3n) is 18.6. The molecule has 0 bridgehead atoms. The van der Waals surface area contributed by atoms with E-state index in [0.717, 1.165) is 20.8 Å². The monoisotopic (exact) mass is 1140 g/mol. The van der Waals surface area contributed by atoms with Crippen LogP contribution in [0.3, 0.4) is 0 Å². The summed E-state index contributed by atoms with van der Waals surface area (Å²) in [6.45, 7) is 0. The first-order valence-corrected chi connectivity index (χ1v) is 31.5. The maximum absolute atomic E-state index is 5.52. The molecule has 0 fully saturated rings. The molecule has 0 saturated heterocycles. The molecule has 0 atom stereocenters. The summed E-state index contributed by atoms with van der Waals surface area (Å²) >= 11 is 1.79. The van der Waals surface area contributed by atoms with Crippen LogP contribution >= 0.6 is 11.3 Å². The standard InChI is InChI=1S/C87H53NS/c1-9-27-54(28-10-1)73-75(56-31-13-3-14-32-56)79(60-39-21-7-22-40-60)85-69-50-48-63(64-43-25-45-67(81(64)69)83(85)77(73)58-35-17-5-18-36-58)62-47-52-71-72(53-62)89-87(88-71)66-49-51-70-82-65(66)44-26-46-68(82)84-78(59-37-19-6-20-38-59)74(55-29-11-2-12-30-55)76(57-33-15-4-16-34-57)80(86(70)84)61-41-23-8-24-42-61/h1-53H. The van der Waals surface area contributed by atoms with Gasteiger partial charge < -0.3 is 0 Å². The lowest BCUT2D eigenvalue weighted by Gasteiger charge is -2.26. The van der Waals surface area contributed by atoms with E-state index in [4.69, 9.17) is 4.98 Å². The van der Waals surface area contributed by atoms with Crippen molar-refractivity contribution in [2.75, 3.05) is 0 Å². The third-order valence-corrected chi connectivity index (χ3v) is 19.6. The first-order chi connectivity index (χ1) is 44.2. The number of hydrogen-bond donors (Lipinski definition) is 0. The second-order valence-corrected chi connectivity index (χ2v) is 24.4. The Morgan fingerprint density at radius 3 is 0.787 bits per heavy atom. The molecule has 15 aromatic carbocycles. The molecule has 1 heterocycles. The van der Waals surface area contributed by atoms with Crippen LogP contribution in [0.1, 0.15) is 0 Å². The minimum absolute atomic E-state index is 0.998. The highest BCUT2D eigenvalue weighted by atomic mass is 32.1.